The van der Waals surface area contributed by atoms with Gasteiger partial charge < -0.3 is 9.32 Å². The molecule has 0 amide bonds. The number of anilines is 1. The Balaban J connectivity index is 1.89. The van der Waals surface area contributed by atoms with Gasteiger partial charge in [0.1, 0.15) is 10.6 Å². The molecule has 0 fully saturated rings. The molecule has 0 saturated heterocycles. The maximum atomic E-state index is 13.0. The zero-order valence-electron chi connectivity index (χ0n) is 21.0. The monoisotopic (exact) mass is 462 g/mol. The van der Waals surface area contributed by atoms with Crippen LogP contribution in [-0.2, 0) is 10.8 Å². The van der Waals surface area contributed by atoms with Crippen LogP contribution in [0.15, 0.2) is 45.6 Å². The second-order valence-corrected chi connectivity index (χ2v) is 11.7. The topological polar surface area (TPSA) is 46.3 Å². The van der Waals surface area contributed by atoms with Gasteiger partial charge in [-0.05, 0) is 60.1 Å². The predicted molar refractivity (Wildman–Crippen MR) is 142 cm³/mol. The van der Waals surface area contributed by atoms with Gasteiger partial charge in [0.05, 0.1) is 15.8 Å². The van der Waals surface area contributed by atoms with E-state index in [0.717, 1.165) is 34.4 Å². The summed E-state index contributed by atoms with van der Waals surface area (Å²) in [6.45, 7) is 19.4. The lowest BCUT2D eigenvalue weighted by Gasteiger charge is -2.25. The number of benzene rings is 2. The van der Waals surface area contributed by atoms with Crippen molar-refractivity contribution in [2.24, 2.45) is 0 Å². The highest BCUT2D eigenvalue weighted by atomic mass is 32.1. The second kappa shape index (κ2) is 8.28. The average Bonchev–Trinajstić information content (AvgIpc) is 3.15. The standard InChI is InChI=1S/C28H34N2O2S/c1-9-30(10-2)19-12-11-17-13-20(26(31)32-23(17)16-19)25-29-22-15-18(27(3,4)5)14-21(24(22)33-25)28(6,7)8/h11-16H,9-10H2,1-8H3. The van der Waals surface area contributed by atoms with Gasteiger partial charge in [0.25, 0.3) is 0 Å². The number of hydrogen-bond donors (Lipinski definition) is 0. The molecule has 0 bridgehead atoms. The molecule has 2 heterocycles. The number of hydrogen-bond acceptors (Lipinski definition) is 5. The van der Waals surface area contributed by atoms with Crippen molar-refractivity contribution >= 4 is 38.2 Å². The first kappa shape index (κ1) is 23.5. The third-order valence-electron chi connectivity index (χ3n) is 6.24. The van der Waals surface area contributed by atoms with Crippen LogP contribution in [0.5, 0.6) is 0 Å². The summed E-state index contributed by atoms with van der Waals surface area (Å²) in [5.74, 6) is 0. The maximum absolute atomic E-state index is 13.0. The van der Waals surface area contributed by atoms with Gasteiger partial charge in [-0.2, -0.15) is 0 Å². The van der Waals surface area contributed by atoms with Crippen LogP contribution in [0.1, 0.15) is 66.5 Å². The molecule has 0 spiro atoms. The predicted octanol–water partition coefficient (Wildman–Crippen LogP) is 7.51. The van der Waals surface area contributed by atoms with E-state index >= 15 is 0 Å². The molecule has 0 N–H and O–H groups in total. The van der Waals surface area contributed by atoms with Gasteiger partial charge in [-0.3, -0.25) is 0 Å². The maximum Gasteiger partial charge on any atom is 0.346 e. The highest BCUT2D eigenvalue weighted by Gasteiger charge is 2.25. The third kappa shape index (κ3) is 4.43. The molecule has 2 aromatic heterocycles. The molecule has 0 aliphatic carbocycles. The Hall–Kier alpha value is -2.66. The van der Waals surface area contributed by atoms with Crippen molar-refractivity contribution in [1.29, 1.82) is 0 Å². The molecule has 0 aliphatic rings. The Morgan fingerprint density at radius 1 is 0.939 bits per heavy atom. The lowest BCUT2D eigenvalue weighted by Crippen LogP contribution is -2.21. The number of rotatable bonds is 4. The van der Waals surface area contributed by atoms with Gasteiger partial charge in [0.2, 0.25) is 0 Å². The Morgan fingerprint density at radius 2 is 1.64 bits per heavy atom. The van der Waals surface area contributed by atoms with E-state index in [2.05, 4.69) is 78.5 Å². The van der Waals surface area contributed by atoms with Crippen molar-refractivity contribution in [2.45, 2.75) is 66.2 Å². The molecule has 0 unspecified atom stereocenters. The molecule has 33 heavy (non-hydrogen) atoms. The summed E-state index contributed by atoms with van der Waals surface area (Å²) in [7, 11) is 0. The van der Waals surface area contributed by atoms with E-state index in [0.29, 0.717) is 16.2 Å². The van der Waals surface area contributed by atoms with Gasteiger partial charge >= 0.3 is 5.63 Å². The van der Waals surface area contributed by atoms with Crippen molar-refractivity contribution in [3.8, 4) is 10.6 Å². The van der Waals surface area contributed by atoms with E-state index in [1.54, 1.807) is 11.3 Å². The number of nitrogens with zero attached hydrogens (tertiary/aromatic N) is 2. The van der Waals surface area contributed by atoms with Crippen LogP contribution < -0.4 is 10.5 Å². The number of thiazole rings is 1. The highest BCUT2D eigenvalue weighted by Crippen LogP contribution is 2.40. The van der Waals surface area contributed by atoms with Crippen LogP contribution in [-0.4, -0.2) is 18.1 Å². The smallest absolute Gasteiger partial charge is 0.346 e. The Bertz CT molecular complexity index is 1380. The summed E-state index contributed by atoms with van der Waals surface area (Å²) < 4.78 is 6.92. The van der Waals surface area contributed by atoms with Crippen molar-refractivity contribution in [2.75, 3.05) is 18.0 Å². The molecule has 4 rings (SSSR count). The molecule has 4 nitrogen and oxygen atoms in total. The molecule has 0 atom stereocenters. The summed E-state index contributed by atoms with van der Waals surface area (Å²) in [5, 5.41) is 1.62. The van der Waals surface area contributed by atoms with E-state index in [4.69, 9.17) is 9.40 Å². The third-order valence-corrected chi connectivity index (χ3v) is 7.38. The molecular formula is C28H34N2O2S. The fourth-order valence-electron chi connectivity index (χ4n) is 4.17. The zero-order chi connectivity index (χ0) is 24.1. The lowest BCUT2D eigenvalue weighted by molar-refractivity contribution is 0.563. The molecule has 174 valence electrons. The van der Waals surface area contributed by atoms with E-state index in [9.17, 15) is 4.79 Å². The zero-order valence-corrected chi connectivity index (χ0v) is 21.8. The van der Waals surface area contributed by atoms with Crippen molar-refractivity contribution in [3.63, 3.8) is 0 Å². The van der Waals surface area contributed by atoms with Crippen molar-refractivity contribution in [1.82, 2.24) is 4.98 Å². The van der Waals surface area contributed by atoms with Crippen LogP contribution in [0, 0.1) is 0 Å². The van der Waals surface area contributed by atoms with Crippen molar-refractivity contribution < 1.29 is 4.42 Å². The molecule has 2 aromatic carbocycles. The van der Waals surface area contributed by atoms with E-state index in [1.807, 2.05) is 18.2 Å². The molecule has 4 aromatic rings. The van der Waals surface area contributed by atoms with Crippen LogP contribution in [0.25, 0.3) is 31.8 Å². The second-order valence-electron chi connectivity index (χ2n) is 10.7. The van der Waals surface area contributed by atoms with Gasteiger partial charge in [-0.15, -0.1) is 11.3 Å². The number of fused-ring (bicyclic) bond motifs is 2. The minimum Gasteiger partial charge on any atom is -0.422 e. The van der Waals surface area contributed by atoms with Crippen LogP contribution >= 0.6 is 11.3 Å². The highest BCUT2D eigenvalue weighted by molar-refractivity contribution is 7.21. The first-order valence-electron chi connectivity index (χ1n) is 11.7. The quantitative estimate of drug-likeness (QED) is 0.294. The Kier molecular flexibility index (Phi) is 5.90. The summed E-state index contributed by atoms with van der Waals surface area (Å²) in [6.07, 6.45) is 0. The van der Waals surface area contributed by atoms with E-state index in [-0.39, 0.29) is 16.5 Å². The normalized spacial score (nSPS) is 12.6. The van der Waals surface area contributed by atoms with Crippen LogP contribution in [0.3, 0.4) is 0 Å². The fraction of sp³-hybridized carbons (Fsp3) is 0.429. The SMILES string of the molecule is CCN(CC)c1ccc2cc(-c3nc4cc(C(C)(C)C)cc(C(C)(C)C)c4s3)c(=O)oc2c1. The summed E-state index contributed by atoms with van der Waals surface area (Å²) in [6, 6.07) is 12.5. The van der Waals surface area contributed by atoms with Gasteiger partial charge in [-0.1, -0.05) is 47.6 Å². The molecule has 0 saturated carbocycles. The summed E-state index contributed by atoms with van der Waals surface area (Å²) >= 11 is 1.58. The van der Waals surface area contributed by atoms with Crippen LogP contribution in [0.4, 0.5) is 5.69 Å². The van der Waals surface area contributed by atoms with Gasteiger partial charge in [-0.25, -0.2) is 9.78 Å². The first-order valence-corrected chi connectivity index (χ1v) is 12.5. The van der Waals surface area contributed by atoms with Gasteiger partial charge in [0.15, 0.2) is 0 Å². The average molecular weight is 463 g/mol. The molecule has 0 aliphatic heterocycles. The van der Waals surface area contributed by atoms with Crippen LogP contribution in [0.2, 0.25) is 0 Å². The van der Waals surface area contributed by atoms with E-state index in [1.165, 1.54) is 11.1 Å². The molecule has 5 heteroatoms. The van der Waals surface area contributed by atoms with Gasteiger partial charge in [0, 0.05) is 30.2 Å². The lowest BCUT2D eigenvalue weighted by atomic mass is 9.80. The summed E-state index contributed by atoms with van der Waals surface area (Å²) in [4.78, 5) is 20.2. The summed E-state index contributed by atoms with van der Waals surface area (Å²) in [5.41, 5.74) is 5.31. The Morgan fingerprint density at radius 3 is 2.24 bits per heavy atom. The minimum atomic E-state index is -0.341. The number of aromatic nitrogens is 1. The molecule has 0 radical (unpaired) electrons. The largest absolute Gasteiger partial charge is 0.422 e. The Labute approximate surface area is 200 Å². The first-order chi connectivity index (χ1) is 15.4. The fourth-order valence-corrected chi connectivity index (χ4v) is 5.45. The van der Waals surface area contributed by atoms with Crippen molar-refractivity contribution in [3.05, 3.63) is 57.9 Å². The van der Waals surface area contributed by atoms with E-state index < -0.39 is 0 Å². The molecular weight excluding hydrogens is 428 g/mol. The minimum absolute atomic E-state index is 0.0164.